The third-order valence-corrected chi connectivity index (χ3v) is 2.51. The second-order valence-corrected chi connectivity index (χ2v) is 4.54. The van der Waals surface area contributed by atoms with Gasteiger partial charge in [0.2, 0.25) is 0 Å². The Morgan fingerprint density at radius 1 is 0.417 bits per heavy atom. The molecule has 0 aromatic carbocycles. The molecule has 0 N–H and O–H groups in total. The Hall–Kier alpha value is -2.86. The van der Waals surface area contributed by atoms with Gasteiger partial charge >= 0.3 is 0 Å². The van der Waals surface area contributed by atoms with Gasteiger partial charge in [-0.3, -0.25) is 0 Å². The van der Waals surface area contributed by atoms with Crippen molar-refractivity contribution in [2.75, 3.05) is 0 Å². The molecule has 0 unspecified atom stereocenters. The molecule has 0 bridgehead atoms. The van der Waals surface area contributed by atoms with Gasteiger partial charge in [0.1, 0.15) is 0 Å². The zero-order chi connectivity index (χ0) is 17.6. The zero-order valence-electron chi connectivity index (χ0n) is 14.5. The van der Waals surface area contributed by atoms with E-state index < -0.39 is 0 Å². The van der Waals surface area contributed by atoms with Gasteiger partial charge in [0, 0.05) is 0 Å². The van der Waals surface area contributed by atoms with Crippen molar-refractivity contribution in [3.8, 4) is 0 Å². The zero-order valence-corrected chi connectivity index (χ0v) is 14.5. The van der Waals surface area contributed by atoms with Crippen molar-refractivity contribution in [3.05, 3.63) is 134 Å². The maximum atomic E-state index is 3.61. The third kappa shape index (κ3) is 19.1. The average Bonchev–Trinajstić information content (AvgIpc) is 2.60. The summed E-state index contributed by atoms with van der Waals surface area (Å²) in [5.74, 6) is 0. The first-order valence-corrected chi connectivity index (χ1v) is 8.19. The molecular formula is C24H28. The fraction of sp³-hybridized carbons (Fsp3) is 0.0833. The van der Waals surface area contributed by atoms with Crippen LogP contribution in [0.25, 0.3) is 0 Å². The highest BCUT2D eigenvalue weighted by Gasteiger charge is 1.65. The van der Waals surface area contributed by atoms with Crippen molar-refractivity contribution < 1.29 is 0 Å². The predicted octanol–water partition coefficient (Wildman–Crippen LogP) is 7.14. The fourth-order valence-corrected chi connectivity index (χ4v) is 1.38. The summed E-state index contributed by atoms with van der Waals surface area (Å²) in [7, 11) is 0. The largest absolute Gasteiger partial charge is 0.0991 e. The maximum Gasteiger partial charge on any atom is -0.0376 e. The van der Waals surface area contributed by atoms with Crippen LogP contribution in [-0.2, 0) is 0 Å². The van der Waals surface area contributed by atoms with E-state index in [0.717, 1.165) is 6.42 Å². The van der Waals surface area contributed by atoms with Crippen molar-refractivity contribution in [2.24, 2.45) is 0 Å². The van der Waals surface area contributed by atoms with Crippen molar-refractivity contribution in [3.63, 3.8) is 0 Å². The standard InChI is InChI=1S/C24H28/c1-3-5-7-9-11-13-15-17-19-21-23-24-22-20-18-16-14-12-10-8-6-4-2/h3,5-24H,1,4H2,2H3/b7-5+,8-6+,11-9+,12-10+,15-13+,16-14+,19-17+,20-18+,23-21+,24-22+. The van der Waals surface area contributed by atoms with Crippen LogP contribution in [0.3, 0.4) is 0 Å². The molecule has 0 saturated carbocycles. The van der Waals surface area contributed by atoms with E-state index in [1.807, 2.05) is 109 Å². The summed E-state index contributed by atoms with van der Waals surface area (Å²) >= 11 is 0. The minimum absolute atomic E-state index is 1.07. The summed E-state index contributed by atoms with van der Waals surface area (Å²) in [4.78, 5) is 0. The first-order valence-electron chi connectivity index (χ1n) is 8.19. The number of hydrogen-bond acceptors (Lipinski definition) is 0. The molecule has 124 valence electrons. The van der Waals surface area contributed by atoms with Gasteiger partial charge in [0.25, 0.3) is 0 Å². The Morgan fingerprint density at radius 3 is 0.917 bits per heavy atom. The van der Waals surface area contributed by atoms with Gasteiger partial charge in [-0.1, -0.05) is 141 Å². The molecule has 0 aliphatic carbocycles. The van der Waals surface area contributed by atoms with Gasteiger partial charge < -0.3 is 0 Å². The Labute approximate surface area is 148 Å². The summed E-state index contributed by atoms with van der Waals surface area (Å²) in [6.45, 7) is 5.73. The molecule has 24 heavy (non-hydrogen) atoms. The van der Waals surface area contributed by atoms with E-state index in [-0.39, 0.29) is 0 Å². The number of hydrogen-bond donors (Lipinski definition) is 0. The Bertz CT molecular complexity index is 580. The van der Waals surface area contributed by atoms with Crippen molar-refractivity contribution in [2.45, 2.75) is 13.3 Å². The van der Waals surface area contributed by atoms with Crippen LogP contribution in [0.4, 0.5) is 0 Å². The van der Waals surface area contributed by atoms with E-state index in [0.29, 0.717) is 0 Å². The van der Waals surface area contributed by atoms with Crippen LogP contribution in [0.5, 0.6) is 0 Å². The van der Waals surface area contributed by atoms with E-state index in [9.17, 15) is 0 Å². The molecule has 0 atom stereocenters. The molecule has 0 rings (SSSR count). The van der Waals surface area contributed by atoms with Crippen molar-refractivity contribution >= 4 is 0 Å². The second-order valence-electron chi connectivity index (χ2n) is 4.54. The third-order valence-electron chi connectivity index (χ3n) is 2.51. The van der Waals surface area contributed by atoms with Crippen LogP contribution >= 0.6 is 0 Å². The normalized spacial score (nSPS) is 14.4. The highest BCUT2D eigenvalue weighted by atomic mass is 13.7. The van der Waals surface area contributed by atoms with Crippen molar-refractivity contribution in [1.82, 2.24) is 0 Å². The van der Waals surface area contributed by atoms with Crippen LogP contribution in [0, 0.1) is 0 Å². The molecule has 0 aliphatic heterocycles. The molecule has 0 fully saturated rings. The van der Waals surface area contributed by atoms with E-state index in [1.54, 1.807) is 6.08 Å². The molecule has 0 nitrogen and oxygen atoms in total. The fourth-order valence-electron chi connectivity index (χ4n) is 1.38. The lowest BCUT2D eigenvalue weighted by Crippen LogP contribution is -1.54. The van der Waals surface area contributed by atoms with Crippen LogP contribution in [0.15, 0.2) is 134 Å². The highest BCUT2D eigenvalue weighted by Crippen LogP contribution is 1.87. The van der Waals surface area contributed by atoms with E-state index in [1.165, 1.54) is 0 Å². The van der Waals surface area contributed by atoms with Crippen LogP contribution in [0.2, 0.25) is 0 Å². The predicted molar refractivity (Wildman–Crippen MR) is 112 cm³/mol. The molecule has 0 aliphatic rings. The van der Waals surface area contributed by atoms with Gasteiger partial charge in [-0.15, -0.1) is 0 Å². The molecule has 0 saturated heterocycles. The van der Waals surface area contributed by atoms with Crippen LogP contribution in [-0.4, -0.2) is 0 Å². The molecular weight excluding hydrogens is 288 g/mol. The van der Waals surface area contributed by atoms with Crippen LogP contribution in [0.1, 0.15) is 13.3 Å². The summed E-state index contributed by atoms with van der Waals surface area (Å²) in [5, 5.41) is 0. The summed E-state index contributed by atoms with van der Waals surface area (Å²) < 4.78 is 0. The maximum absolute atomic E-state index is 3.61. The number of rotatable bonds is 11. The molecule has 0 heteroatoms. The van der Waals surface area contributed by atoms with Gasteiger partial charge in [0.15, 0.2) is 0 Å². The Kier molecular flexibility index (Phi) is 17.7. The van der Waals surface area contributed by atoms with Gasteiger partial charge in [-0.25, -0.2) is 0 Å². The number of allylic oxidation sites excluding steroid dienone is 21. The quantitative estimate of drug-likeness (QED) is 0.355. The minimum atomic E-state index is 1.07. The van der Waals surface area contributed by atoms with E-state index in [2.05, 4.69) is 25.7 Å². The topological polar surface area (TPSA) is 0 Å². The second kappa shape index (κ2) is 20.1. The van der Waals surface area contributed by atoms with Gasteiger partial charge in [-0.05, 0) is 6.42 Å². The van der Waals surface area contributed by atoms with E-state index in [4.69, 9.17) is 0 Å². The SMILES string of the molecule is C=C/C=C/C=C/C=C/C=C/C=C/C=C/C=C/C=C/C=C/C=C/CC. The van der Waals surface area contributed by atoms with Crippen molar-refractivity contribution in [1.29, 1.82) is 0 Å². The van der Waals surface area contributed by atoms with Gasteiger partial charge in [0.05, 0.1) is 0 Å². The summed E-state index contributed by atoms with van der Waals surface area (Å²) in [6.07, 6.45) is 42.8. The smallest absolute Gasteiger partial charge is 0.0376 e. The van der Waals surface area contributed by atoms with E-state index >= 15 is 0 Å². The lowest BCUT2D eigenvalue weighted by Gasteiger charge is -1.76. The molecule has 0 aromatic rings. The van der Waals surface area contributed by atoms with Crippen LogP contribution < -0.4 is 0 Å². The minimum Gasteiger partial charge on any atom is -0.0991 e. The average molecular weight is 316 g/mol. The lowest BCUT2D eigenvalue weighted by molar-refractivity contribution is 1.22. The monoisotopic (exact) mass is 316 g/mol. The molecule has 0 radical (unpaired) electrons. The Morgan fingerprint density at radius 2 is 0.667 bits per heavy atom. The molecule has 0 aromatic heterocycles. The molecule has 0 spiro atoms. The summed E-state index contributed by atoms with van der Waals surface area (Å²) in [6, 6.07) is 0. The summed E-state index contributed by atoms with van der Waals surface area (Å²) in [5.41, 5.74) is 0. The molecule has 0 amide bonds. The molecule has 0 heterocycles. The first-order chi connectivity index (χ1) is 11.9. The Balaban J connectivity index is 3.89. The first kappa shape index (κ1) is 21.1. The highest BCUT2D eigenvalue weighted by molar-refractivity contribution is 5.22. The lowest BCUT2D eigenvalue weighted by atomic mass is 10.3. The van der Waals surface area contributed by atoms with Gasteiger partial charge in [-0.2, -0.15) is 0 Å².